The topological polar surface area (TPSA) is 128 Å². The van der Waals surface area contributed by atoms with Crippen LogP contribution in [0.2, 0.25) is 0 Å². The van der Waals surface area contributed by atoms with E-state index in [1.54, 1.807) is 28.1 Å². The lowest BCUT2D eigenvalue weighted by molar-refractivity contribution is -0.117. The van der Waals surface area contributed by atoms with Crippen molar-refractivity contribution in [2.24, 2.45) is 11.7 Å². The number of hydrogen-bond acceptors (Lipinski definition) is 6. The van der Waals surface area contributed by atoms with E-state index in [9.17, 15) is 9.59 Å². The molecule has 0 radical (unpaired) electrons. The summed E-state index contributed by atoms with van der Waals surface area (Å²) in [4.78, 5) is 31.9. The Kier molecular flexibility index (Phi) is 6.05. The number of hydrogen-bond donors (Lipinski definition) is 2. The van der Waals surface area contributed by atoms with Gasteiger partial charge in [0.1, 0.15) is 11.1 Å². The zero-order chi connectivity index (χ0) is 24.4. The Labute approximate surface area is 202 Å². The zero-order valence-corrected chi connectivity index (χ0v) is 19.3. The quantitative estimate of drug-likeness (QED) is 0.480. The minimum absolute atomic E-state index is 0.0220. The monoisotopic (exact) mass is 473 g/mol. The molecular formula is C24H27N9O2. The summed E-state index contributed by atoms with van der Waals surface area (Å²) in [5.41, 5.74) is 7.28. The molecule has 1 aromatic carbocycles. The predicted molar refractivity (Wildman–Crippen MR) is 127 cm³/mol. The molecule has 1 saturated heterocycles. The molecule has 2 amide bonds. The Morgan fingerprint density at radius 2 is 1.83 bits per heavy atom. The number of nitrogens with two attached hydrogens (primary N) is 1. The lowest BCUT2D eigenvalue weighted by atomic mass is 9.87. The molecule has 1 aliphatic carbocycles. The molecule has 3 heterocycles. The molecule has 35 heavy (non-hydrogen) atoms. The number of nitrogens with zero attached hydrogens (tertiary/aromatic N) is 7. The Balaban J connectivity index is 1.28. The van der Waals surface area contributed by atoms with Gasteiger partial charge < -0.3 is 15.9 Å². The van der Waals surface area contributed by atoms with Gasteiger partial charge in [-0.15, -0.1) is 0 Å². The summed E-state index contributed by atoms with van der Waals surface area (Å²) >= 11 is 0. The Morgan fingerprint density at radius 3 is 2.43 bits per heavy atom. The average Bonchev–Trinajstić information content (AvgIpc) is 3.39. The fourth-order valence-corrected chi connectivity index (χ4v) is 4.53. The number of anilines is 1. The summed E-state index contributed by atoms with van der Waals surface area (Å²) in [6.45, 7) is 10.1. The second-order valence-electron chi connectivity index (χ2n) is 9.27. The number of benzene rings is 1. The second kappa shape index (κ2) is 9.31. The van der Waals surface area contributed by atoms with Gasteiger partial charge in [-0.1, -0.05) is 12.1 Å². The zero-order valence-electron chi connectivity index (χ0n) is 19.3. The van der Waals surface area contributed by atoms with Crippen LogP contribution < -0.4 is 11.1 Å². The summed E-state index contributed by atoms with van der Waals surface area (Å²) in [6.07, 6.45) is 7.96. The van der Waals surface area contributed by atoms with Crippen LogP contribution in [0.4, 0.5) is 5.82 Å². The SMILES string of the molecule is [C-]#[N+]CC1(n2cc(C(N)=O)c(NC(=O)C3CC3)n2)CCN(Cc2ccc(-n3nccn3)cc2)CC1. The third kappa shape index (κ3) is 4.79. The van der Waals surface area contributed by atoms with Crippen molar-refractivity contribution < 1.29 is 9.59 Å². The number of aromatic nitrogens is 5. The maximum atomic E-state index is 12.3. The van der Waals surface area contributed by atoms with Gasteiger partial charge in [0.2, 0.25) is 12.5 Å². The fraction of sp³-hybridized carbons (Fsp3) is 0.417. The van der Waals surface area contributed by atoms with E-state index in [2.05, 4.69) is 42.5 Å². The van der Waals surface area contributed by atoms with E-state index in [1.807, 2.05) is 12.1 Å². The maximum Gasteiger partial charge on any atom is 0.254 e. The van der Waals surface area contributed by atoms with Crippen molar-refractivity contribution in [3.8, 4) is 5.69 Å². The lowest BCUT2D eigenvalue weighted by Gasteiger charge is -2.38. The minimum atomic E-state index is -0.647. The van der Waals surface area contributed by atoms with E-state index in [-0.39, 0.29) is 29.8 Å². The van der Waals surface area contributed by atoms with Crippen LogP contribution >= 0.6 is 0 Å². The standard InChI is InChI=1S/C24H27N9O2/c1-26-16-24(32-15-20(21(25)34)22(30-32)29-23(35)18-4-5-18)8-12-31(13-9-24)14-17-2-6-19(7-3-17)33-27-10-11-28-33/h2-3,6-7,10-11,15,18H,4-5,8-9,12-14,16H2,(H2,25,34)(H,29,30,35). The van der Waals surface area contributed by atoms with Crippen LogP contribution in [0.1, 0.15) is 41.6 Å². The molecule has 0 bridgehead atoms. The van der Waals surface area contributed by atoms with E-state index in [0.29, 0.717) is 12.8 Å². The van der Waals surface area contributed by atoms with Crippen molar-refractivity contribution in [3.63, 3.8) is 0 Å². The van der Waals surface area contributed by atoms with E-state index >= 15 is 0 Å². The molecule has 180 valence electrons. The van der Waals surface area contributed by atoms with E-state index < -0.39 is 11.4 Å². The van der Waals surface area contributed by atoms with E-state index in [0.717, 1.165) is 38.2 Å². The van der Waals surface area contributed by atoms with Crippen LogP contribution in [0.15, 0.2) is 42.9 Å². The molecule has 5 rings (SSSR count). The number of nitrogens with one attached hydrogen (secondary N) is 1. The summed E-state index contributed by atoms with van der Waals surface area (Å²) in [6, 6.07) is 8.13. The number of likely N-dealkylation sites (tertiary alicyclic amines) is 1. The van der Waals surface area contributed by atoms with Crippen LogP contribution in [0, 0.1) is 12.5 Å². The fourth-order valence-electron chi connectivity index (χ4n) is 4.53. The molecule has 3 aromatic rings. The number of carbonyl (C=O) groups excluding carboxylic acids is 2. The summed E-state index contributed by atoms with van der Waals surface area (Å²) in [5, 5.41) is 15.6. The van der Waals surface area contributed by atoms with Crippen LogP contribution in [-0.2, 0) is 16.9 Å². The van der Waals surface area contributed by atoms with Gasteiger partial charge in [-0.25, -0.2) is 6.57 Å². The molecule has 1 saturated carbocycles. The Hall–Kier alpha value is -4.04. The normalized spacial score (nSPS) is 17.6. The number of piperidine rings is 1. The molecule has 1 aliphatic heterocycles. The van der Waals surface area contributed by atoms with Gasteiger partial charge in [-0.05, 0) is 43.4 Å². The van der Waals surface area contributed by atoms with Gasteiger partial charge in [0, 0.05) is 31.7 Å². The third-order valence-corrected chi connectivity index (χ3v) is 6.81. The van der Waals surface area contributed by atoms with Gasteiger partial charge in [0.05, 0.1) is 18.1 Å². The molecule has 0 atom stereocenters. The van der Waals surface area contributed by atoms with Crippen LogP contribution in [0.3, 0.4) is 0 Å². The summed E-state index contributed by atoms with van der Waals surface area (Å²) < 4.78 is 1.69. The first-order valence-corrected chi connectivity index (χ1v) is 11.7. The molecule has 11 heteroatoms. The largest absolute Gasteiger partial charge is 0.365 e. The molecule has 3 N–H and O–H groups in total. The highest BCUT2D eigenvalue weighted by molar-refractivity contribution is 6.02. The van der Waals surface area contributed by atoms with Crippen molar-refractivity contribution in [1.29, 1.82) is 0 Å². The first-order valence-electron chi connectivity index (χ1n) is 11.7. The minimum Gasteiger partial charge on any atom is -0.365 e. The number of carbonyl (C=O) groups is 2. The highest BCUT2D eigenvalue weighted by Crippen LogP contribution is 2.34. The smallest absolute Gasteiger partial charge is 0.254 e. The second-order valence-corrected chi connectivity index (χ2v) is 9.27. The van der Waals surface area contributed by atoms with Crippen molar-refractivity contribution >= 4 is 17.6 Å². The van der Waals surface area contributed by atoms with Crippen LogP contribution in [0.25, 0.3) is 10.5 Å². The molecule has 2 fully saturated rings. The lowest BCUT2D eigenvalue weighted by Crippen LogP contribution is -2.48. The Morgan fingerprint density at radius 1 is 1.14 bits per heavy atom. The summed E-state index contributed by atoms with van der Waals surface area (Å²) in [5.74, 6) is -0.619. The molecule has 0 spiro atoms. The number of amides is 2. The van der Waals surface area contributed by atoms with Gasteiger partial charge in [0.25, 0.3) is 5.91 Å². The number of primary amides is 1. The van der Waals surface area contributed by atoms with Gasteiger partial charge >= 0.3 is 0 Å². The van der Waals surface area contributed by atoms with Crippen molar-refractivity contribution in [1.82, 2.24) is 29.7 Å². The molecule has 0 unspecified atom stereocenters. The first-order chi connectivity index (χ1) is 17.0. The predicted octanol–water partition coefficient (Wildman–Crippen LogP) is 1.82. The van der Waals surface area contributed by atoms with Gasteiger partial charge in [-0.2, -0.15) is 20.1 Å². The molecule has 11 nitrogen and oxygen atoms in total. The van der Waals surface area contributed by atoms with Gasteiger partial charge in [-0.3, -0.25) is 19.2 Å². The highest BCUT2D eigenvalue weighted by atomic mass is 16.2. The highest BCUT2D eigenvalue weighted by Gasteiger charge is 2.41. The average molecular weight is 474 g/mol. The number of rotatable bonds is 8. The van der Waals surface area contributed by atoms with Crippen LogP contribution in [-0.4, -0.2) is 61.1 Å². The molecule has 2 aromatic heterocycles. The van der Waals surface area contributed by atoms with Crippen LogP contribution in [0.5, 0.6) is 0 Å². The van der Waals surface area contributed by atoms with Crippen molar-refractivity contribution in [3.05, 3.63) is 65.4 Å². The van der Waals surface area contributed by atoms with Crippen molar-refractivity contribution in [2.45, 2.75) is 37.8 Å². The van der Waals surface area contributed by atoms with Gasteiger partial charge in [0.15, 0.2) is 5.82 Å². The van der Waals surface area contributed by atoms with E-state index in [4.69, 9.17) is 12.3 Å². The Bertz CT molecular complexity index is 1250. The summed E-state index contributed by atoms with van der Waals surface area (Å²) in [7, 11) is 0. The van der Waals surface area contributed by atoms with E-state index in [1.165, 1.54) is 5.56 Å². The molecular weight excluding hydrogens is 446 g/mol. The molecule has 2 aliphatic rings. The first kappa shape index (κ1) is 22.7. The third-order valence-electron chi connectivity index (χ3n) is 6.81. The van der Waals surface area contributed by atoms with Crippen molar-refractivity contribution in [2.75, 3.05) is 25.0 Å². The maximum absolute atomic E-state index is 12.3.